The second-order valence-corrected chi connectivity index (χ2v) is 5.12. The summed E-state index contributed by atoms with van der Waals surface area (Å²) < 4.78 is 5.31. The van der Waals surface area contributed by atoms with Gasteiger partial charge in [-0.3, -0.25) is 10.1 Å². The zero-order chi connectivity index (χ0) is 13.8. The predicted molar refractivity (Wildman–Crippen MR) is 70.8 cm³/mol. The highest BCUT2D eigenvalue weighted by Gasteiger charge is 2.10. The minimum Gasteiger partial charge on any atom is -0.479 e. The highest BCUT2D eigenvalue weighted by Crippen LogP contribution is 2.28. The van der Waals surface area contributed by atoms with Crippen LogP contribution in [-0.2, 0) is 0 Å². The van der Waals surface area contributed by atoms with Gasteiger partial charge in [0, 0.05) is 11.5 Å². The lowest BCUT2D eigenvalue weighted by Crippen LogP contribution is -2.02. The van der Waals surface area contributed by atoms with Gasteiger partial charge in [0.25, 0.3) is 5.69 Å². The third-order valence-corrected chi connectivity index (χ3v) is 2.20. The molecule has 0 radical (unpaired) electrons. The van der Waals surface area contributed by atoms with Crippen LogP contribution in [-0.4, -0.2) is 11.5 Å². The van der Waals surface area contributed by atoms with Crippen LogP contribution in [0.1, 0.15) is 20.8 Å². The Bertz CT molecular complexity index is 509. The van der Waals surface area contributed by atoms with Gasteiger partial charge < -0.3 is 4.74 Å². The average molecular weight is 268 g/mol. The molecule has 4 nitrogen and oxygen atoms in total. The highest BCUT2D eigenvalue weighted by atomic mass is 35.5. The maximum atomic E-state index is 10.6. The van der Waals surface area contributed by atoms with Gasteiger partial charge >= 0.3 is 0 Å². The summed E-state index contributed by atoms with van der Waals surface area (Å²) in [4.78, 5) is 10.1. The number of non-ortho nitro benzene ring substituents is 1. The number of hydrogen-bond donors (Lipinski definition) is 0. The van der Waals surface area contributed by atoms with Crippen molar-refractivity contribution in [3.05, 3.63) is 33.3 Å². The van der Waals surface area contributed by atoms with E-state index in [2.05, 4.69) is 11.8 Å². The number of halogens is 1. The zero-order valence-electron chi connectivity index (χ0n) is 10.5. The Morgan fingerprint density at radius 2 is 2.11 bits per heavy atom. The molecule has 0 spiro atoms. The van der Waals surface area contributed by atoms with E-state index in [9.17, 15) is 10.1 Å². The van der Waals surface area contributed by atoms with Crippen molar-refractivity contribution in [3.63, 3.8) is 0 Å². The lowest BCUT2D eigenvalue weighted by molar-refractivity contribution is -0.384. The fraction of sp³-hybridized carbons (Fsp3) is 0.385. The van der Waals surface area contributed by atoms with Crippen molar-refractivity contribution in [1.82, 2.24) is 0 Å². The summed E-state index contributed by atoms with van der Waals surface area (Å²) in [6.07, 6.45) is 0. The molecule has 0 aromatic heterocycles. The van der Waals surface area contributed by atoms with Gasteiger partial charge in [0.15, 0.2) is 0 Å². The molecule has 0 N–H and O–H groups in total. The molecule has 0 aliphatic carbocycles. The summed E-state index contributed by atoms with van der Waals surface area (Å²) in [7, 11) is 0. The van der Waals surface area contributed by atoms with Crippen LogP contribution in [0.15, 0.2) is 18.2 Å². The van der Waals surface area contributed by atoms with Crippen molar-refractivity contribution in [1.29, 1.82) is 0 Å². The molecule has 0 fully saturated rings. The smallest absolute Gasteiger partial charge is 0.273 e. The summed E-state index contributed by atoms with van der Waals surface area (Å²) in [6.45, 7) is 6.11. The van der Waals surface area contributed by atoms with Crippen LogP contribution in [0.25, 0.3) is 0 Å². The van der Waals surface area contributed by atoms with Crippen molar-refractivity contribution < 1.29 is 9.66 Å². The van der Waals surface area contributed by atoms with Crippen LogP contribution in [0.3, 0.4) is 0 Å². The second kappa shape index (κ2) is 5.74. The summed E-state index contributed by atoms with van der Waals surface area (Å²) in [5.74, 6) is 6.12. The molecule has 0 saturated carbocycles. The molecule has 0 aliphatic rings. The molecule has 1 rings (SSSR count). The van der Waals surface area contributed by atoms with Gasteiger partial charge in [0.05, 0.1) is 16.0 Å². The minimum absolute atomic E-state index is 0.0572. The Balaban J connectivity index is 2.75. The van der Waals surface area contributed by atoms with Gasteiger partial charge in [0.2, 0.25) is 0 Å². The van der Waals surface area contributed by atoms with Crippen LogP contribution in [0.2, 0.25) is 5.02 Å². The molecule has 1 aromatic rings. The summed E-state index contributed by atoms with van der Waals surface area (Å²) in [5, 5.41) is 10.9. The number of rotatable bonds is 3. The van der Waals surface area contributed by atoms with Crippen molar-refractivity contribution in [2.75, 3.05) is 6.61 Å². The minimum atomic E-state index is -0.496. The molecular formula is C13H14ClNO3. The first-order valence-electron chi connectivity index (χ1n) is 5.36. The van der Waals surface area contributed by atoms with Crippen molar-refractivity contribution in [2.45, 2.75) is 20.8 Å². The lowest BCUT2D eigenvalue weighted by atomic mass is 9.98. The maximum Gasteiger partial charge on any atom is 0.273 e. The SMILES string of the molecule is CC(C)(C)C#CCOc1cc([N+](=O)[O-])ccc1Cl. The number of ether oxygens (including phenoxy) is 1. The maximum absolute atomic E-state index is 10.6. The molecule has 0 saturated heterocycles. The third kappa shape index (κ3) is 4.64. The lowest BCUT2D eigenvalue weighted by Gasteiger charge is -2.07. The number of hydrogen-bond acceptors (Lipinski definition) is 3. The molecule has 0 atom stereocenters. The summed E-state index contributed by atoms with van der Waals surface area (Å²) >= 11 is 5.87. The van der Waals surface area contributed by atoms with Crippen LogP contribution in [0.4, 0.5) is 5.69 Å². The molecule has 5 heteroatoms. The van der Waals surface area contributed by atoms with Gasteiger partial charge in [-0.15, -0.1) is 0 Å². The number of nitro benzene ring substituents is 1. The Morgan fingerprint density at radius 3 is 2.67 bits per heavy atom. The molecule has 0 unspecified atom stereocenters. The summed E-state index contributed by atoms with van der Waals surface area (Å²) in [5.41, 5.74) is -0.159. The predicted octanol–water partition coefficient (Wildman–Crippen LogP) is 3.68. The fourth-order valence-corrected chi connectivity index (χ4v) is 1.30. The van der Waals surface area contributed by atoms with Crippen LogP contribution in [0, 0.1) is 27.4 Å². The Hall–Kier alpha value is -1.73. The van der Waals surface area contributed by atoms with Crippen LogP contribution in [0.5, 0.6) is 5.75 Å². The standard InChI is InChI=1S/C13H14ClNO3/c1-13(2,3)7-4-8-18-12-9-10(15(16)17)5-6-11(12)14/h5-6,9H,8H2,1-3H3. The first-order chi connectivity index (χ1) is 8.29. The van der Waals surface area contributed by atoms with Gasteiger partial charge in [-0.25, -0.2) is 0 Å². The number of nitro groups is 1. The van der Waals surface area contributed by atoms with E-state index in [0.29, 0.717) is 5.02 Å². The molecule has 1 aromatic carbocycles. The largest absolute Gasteiger partial charge is 0.479 e. The van der Waals surface area contributed by atoms with E-state index in [0.717, 1.165) is 0 Å². The second-order valence-electron chi connectivity index (χ2n) is 4.71. The van der Waals surface area contributed by atoms with Crippen molar-refractivity contribution in [3.8, 4) is 17.6 Å². The molecule has 0 heterocycles. The van der Waals surface area contributed by atoms with Crippen LogP contribution >= 0.6 is 11.6 Å². The van der Waals surface area contributed by atoms with Gasteiger partial charge in [-0.05, 0) is 26.8 Å². The van der Waals surface area contributed by atoms with Gasteiger partial charge in [-0.2, -0.15) is 0 Å². The summed E-state index contributed by atoms with van der Waals surface area (Å²) in [6, 6.07) is 4.06. The molecule has 0 bridgehead atoms. The van der Waals surface area contributed by atoms with Crippen LogP contribution < -0.4 is 4.74 Å². The fourth-order valence-electron chi connectivity index (χ4n) is 1.13. The third-order valence-electron chi connectivity index (χ3n) is 1.89. The quantitative estimate of drug-likeness (QED) is 0.477. The van der Waals surface area contributed by atoms with E-state index in [1.807, 2.05) is 20.8 Å². The van der Waals surface area contributed by atoms with E-state index in [1.165, 1.54) is 18.2 Å². The van der Waals surface area contributed by atoms with Gasteiger partial charge in [-0.1, -0.05) is 23.4 Å². The molecule has 96 valence electrons. The van der Waals surface area contributed by atoms with E-state index in [-0.39, 0.29) is 23.5 Å². The van der Waals surface area contributed by atoms with E-state index in [4.69, 9.17) is 16.3 Å². The number of benzene rings is 1. The Kier molecular flexibility index (Phi) is 4.57. The van der Waals surface area contributed by atoms with Crippen molar-refractivity contribution >= 4 is 17.3 Å². The number of nitrogens with zero attached hydrogens (tertiary/aromatic N) is 1. The van der Waals surface area contributed by atoms with E-state index < -0.39 is 4.92 Å². The molecule has 0 aliphatic heterocycles. The molecule has 0 amide bonds. The first kappa shape index (κ1) is 14.3. The average Bonchev–Trinajstić information content (AvgIpc) is 2.24. The monoisotopic (exact) mass is 267 g/mol. The topological polar surface area (TPSA) is 52.4 Å². The molecule has 18 heavy (non-hydrogen) atoms. The van der Waals surface area contributed by atoms with E-state index in [1.54, 1.807) is 0 Å². The van der Waals surface area contributed by atoms with E-state index >= 15 is 0 Å². The normalized spacial score (nSPS) is 10.4. The highest BCUT2D eigenvalue weighted by molar-refractivity contribution is 6.32. The van der Waals surface area contributed by atoms with Crippen molar-refractivity contribution in [2.24, 2.45) is 5.41 Å². The Labute approximate surface area is 111 Å². The first-order valence-corrected chi connectivity index (χ1v) is 5.74. The van der Waals surface area contributed by atoms with Gasteiger partial charge in [0.1, 0.15) is 12.4 Å². The molecular weight excluding hydrogens is 254 g/mol. The zero-order valence-corrected chi connectivity index (χ0v) is 11.2. The Morgan fingerprint density at radius 1 is 1.44 bits per heavy atom.